The molecule has 0 radical (unpaired) electrons. The average molecular weight is 238 g/mol. The minimum atomic E-state index is 0.0566. The second-order valence-electron chi connectivity index (χ2n) is 6.47. The third kappa shape index (κ3) is 3.01. The lowest BCUT2D eigenvalue weighted by atomic mass is 10.0. The van der Waals surface area contributed by atoms with Crippen LogP contribution in [0.25, 0.3) is 0 Å². The van der Waals surface area contributed by atoms with E-state index in [9.17, 15) is 4.79 Å². The Bertz CT molecular complexity index is 284. The molecule has 1 saturated heterocycles. The number of amides is 1. The minimum Gasteiger partial charge on any atom is -0.325 e. The van der Waals surface area contributed by atoms with Crippen molar-refractivity contribution in [3.63, 3.8) is 0 Å². The molecule has 17 heavy (non-hydrogen) atoms. The summed E-state index contributed by atoms with van der Waals surface area (Å²) in [5, 5.41) is 3.53. The summed E-state index contributed by atoms with van der Waals surface area (Å²) in [6, 6.07) is 0.0566. The van der Waals surface area contributed by atoms with Crippen LogP contribution in [0.15, 0.2) is 0 Å². The van der Waals surface area contributed by atoms with E-state index < -0.39 is 0 Å². The number of hydrogen-bond donors (Lipinski definition) is 1. The molecule has 1 amide bonds. The van der Waals surface area contributed by atoms with Crippen LogP contribution in [-0.4, -0.2) is 29.6 Å². The van der Waals surface area contributed by atoms with E-state index in [1.807, 2.05) is 0 Å². The van der Waals surface area contributed by atoms with Crippen LogP contribution < -0.4 is 5.32 Å². The first kappa shape index (κ1) is 12.9. The molecule has 2 fully saturated rings. The van der Waals surface area contributed by atoms with Gasteiger partial charge in [-0.05, 0) is 37.0 Å². The molecule has 1 N–H and O–H groups in total. The average Bonchev–Trinajstić information content (AvgIpc) is 2.98. The van der Waals surface area contributed by atoms with Crippen LogP contribution in [0.5, 0.6) is 0 Å². The Hall–Kier alpha value is -0.570. The maximum Gasteiger partial charge on any atom is 0.241 e. The van der Waals surface area contributed by atoms with Crippen molar-refractivity contribution >= 4 is 5.91 Å². The van der Waals surface area contributed by atoms with E-state index in [0.29, 0.717) is 17.7 Å². The van der Waals surface area contributed by atoms with Crippen molar-refractivity contribution in [3.8, 4) is 0 Å². The fraction of sp³-hybridized carbons (Fsp3) is 0.929. The summed E-state index contributed by atoms with van der Waals surface area (Å²) >= 11 is 0. The Balaban J connectivity index is 2.02. The highest BCUT2D eigenvalue weighted by Crippen LogP contribution is 2.32. The van der Waals surface area contributed by atoms with Crippen molar-refractivity contribution in [2.75, 3.05) is 6.54 Å². The van der Waals surface area contributed by atoms with E-state index in [2.05, 4.69) is 37.9 Å². The van der Waals surface area contributed by atoms with Gasteiger partial charge in [-0.2, -0.15) is 0 Å². The molecular weight excluding hydrogens is 212 g/mol. The van der Waals surface area contributed by atoms with E-state index >= 15 is 0 Å². The van der Waals surface area contributed by atoms with Gasteiger partial charge in [0.1, 0.15) is 0 Å². The number of nitrogens with zero attached hydrogens (tertiary/aromatic N) is 1. The number of carbonyl (C=O) groups is 1. The molecule has 0 aromatic heterocycles. The lowest BCUT2D eigenvalue weighted by Gasteiger charge is -2.27. The summed E-state index contributed by atoms with van der Waals surface area (Å²) in [6.45, 7) is 9.74. The monoisotopic (exact) mass is 238 g/mol. The number of rotatable bonds is 5. The van der Waals surface area contributed by atoms with E-state index in [1.165, 1.54) is 12.8 Å². The molecule has 0 aromatic carbocycles. The molecule has 3 nitrogen and oxygen atoms in total. The highest BCUT2D eigenvalue weighted by Gasteiger charge is 2.42. The van der Waals surface area contributed by atoms with Gasteiger partial charge in [0.2, 0.25) is 5.91 Å². The topological polar surface area (TPSA) is 32.3 Å². The van der Waals surface area contributed by atoms with Gasteiger partial charge in [0.25, 0.3) is 0 Å². The van der Waals surface area contributed by atoms with E-state index in [-0.39, 0.29) is 12.2 Å². The first-order valence-electron chi connectivity index (χ1n) is 7.05. The van der Waals surface area contributed by atoms with E-state index in [4.69, 9.17) is 0 Å². The molecule has 0 bridgehead atoms. The predicted octanol–water partition coefficient (Wildman–Crippen LogP) is 2.22. The van der Waals surface area contributed by atoms with Crippen molar-refractivity contribution < 1.29 is 4.79 Å². The lowest BCUT2D eigenvalue weighted by Crippen LogP contribution is -2.42. The Morgan fingerprint density at radius 2 is 1.94 bits per heavy atom. The maximum atomic E-state index is 12.4. The second-order valence-corrected chi connectivity index (χ2v) is 6.47. The minimum absolute atomic E-state index is 0.0566. The predicted molar refractivity (Wildman–Crippen MR) is 69.4 cm³/mol. The zero-order chi connectivity index (χ0) is 12.6. The summed E-state index contributed by atoms with van der Waals surface area (Å²) in [5.74, 6) is 2.18. The fourth-order valence-corrected chi connectivity index (χ4v) is 2.68. The first-order chi connectivity index (χ1) is 7.99. The van der Waals surface area contributed by atoms with Crippen LogP contribution in [0.4, 0.5) is 0 Å². The van der Waals surface area contributed by atoms with E-state index in [0.717, 1.165) is 18.9 Å². The quantitative estimate of drug-likeness (QED) is 0.796. The third-order valence-electron chi connectivity index (χ3n) is 3.78. The molecule has 1 saturated carbocycles. The van der Waals surface area contributed by atoms with Crippen LogP contribution >= 0.6 is 0 Å². The zero-order valence-corrected chi connectivity index (χ0v) is 11.6. The van der Waals surface area contributed by atoms with Gasteiger partial charge >= 0.3 is 0 Å². The van der Waals surface area contributed by atoms with Gasteiger partial charge in [-0.15, -0.1) is 0 Å². The molecule has 0 aromatic rings. The fourth-order valence-electron chi connectivity index (χ4n) is 2.68. The van der Waals surface area contributed by atoms with Crippen molar-refractivity contribution in [2.45, 2.75) is 59.2 Å². The number of nitrogens with one attached hydrogen (secondary N) is 1. The summed E-state index contributed by atoms with van der Waals surface area (Å²) in [5.41, 5.74) is 0. The highest BCUT2D eigenvalue weighted by atomic mass is 16.2. The van der Waals surface area contributed by atoms with Gasteiger partial charge in [-0.1, -0.05) is 27.7 Å². The normalized spacial score (nSPS) is 29.8. The molecule has 2 atom stereocenters. The van der Waals surface area contributed by atoms with Crippen LogP contribution in [0.3, 0.4) is 0 Å². The van der Waals surface area contributed by atoms with Crippen molar-refractivity contribution in [1.82, 2.24) is 10.2 Å². The molecule has 2 rings (SSSR count). The first-order valence-corrected chi connectivity index (χ1v) is 7.05. The largest absolute Gasteiger partial charge is 0.325 e. The van der Waals surface area contributed by atoms with Crippen molar-refractivity contribution in [1.29, 1.82) is 0 Å². The number of carbonyl (C=O) groups excluding carboxylic acids is 1. The highest BCUT2D eigenvalue weighted by molar-refractivity contribution is 5.84. The molecule has 2 aliphatic rings. The molecule has 0 spiro atoms. The molecule has 2 unspecified atom stereocenters. The Kier molecular flexibility index (Phi) is 3.76. The second kappa shape index (κ2) is 4.97. The van der Waals surface area contributed by atoms with Crippen LogP contribution in [0, 0.1) is 17.8 Å². The summed E-state index contributed by atoms with van der Waals surface area (Å²) in [6.07, 6.45) is 3.84. The van der Waals surface area contributed by atoms with Gasteiger partial charge in [-0.25, -0.2) is 0 Å². The van der Waals surface area contributed by atoms with Crippen LogP contribution in [0.1, 0.15) is 47.0 Å². The van der Waals surface area contributed by atoms with Gasteiger partial charge in [0.15, 0.2) is 0 Å². The lowest BCUT2D eigenvalue weighted by molar-refractivity contribution is -0.131. The Labute approximate surface area is 105 Å². The van der Waals surface area contributed by atoms with E-state index in [1.54, 1.807) is 0 Å². The molecule has 1 heterocycles. The molecule has 3 heteroatoms. The number of hydrogen-bond acceptors (Lipinski definition) is 2. The standard InChI is InChI=1S/C14H26N2O/c1-9(2)7-12-14(17)16(8-11-5-6-11)13(15-12)10(3)4/h9-13,15H,5-8H2,1-4H3. The van der Waals surface area contributed by atoms with Crippen molar-refractivity contribution in [2.24, 2.45) is 17.8 Å². The van der Waals surface area contributed by atoms with Crippen molar-refractivity contribution in [3.05, 3.63) is 0 Å². The summed E-state index contributed by atoms with van der Waals surface area (Å²) < 4.78 is 0. The van der Waals surface area contributed by atoms with Crippen LogP contribution in [0.2, 0.25) is 0 Å². The van der Waals surface area contributed by atoms with Gasteiger partial charge in [0, 0.05) is 6.54 Å². The van der Waals surface area contributed by atoms with Gasteiger partial charge in [-0.3, -0.25) is 10.1 Å². The third-order valence-corrected chi connectivity index (χ3v) is 3.78. The zero-order valence-electron chi connectivity index (χ0n) is 11.6. The Morgan fingerprint density at radius 3 is 2.41 bits per heavy atom. The smallest absolute Gasteiger partial charge is 0.241 e. The molecule has 1 aliphatic heterocycles. The van der Waals surface area contributed by atoms with Crippen LogP contribution in [-0.2, 0) is 4.79 Å². The Morgan fingerprint density at radius 1 is 1.29 bits per heavy atom. The molecule has 98 valence electrons. The van der Waals surface area contributed by atoms with Gasteiger partial charge in [0.05, 0.1) is 12.2 Å². The maximum absolute atomic E-state index is 12.4. The SMILES string of the molecule is CC(C)CC1NC(C(C)C)N(CC2CC2)C1=O. The molecular formula is C14H26N2O. The van der Waals surface area contributed by atoms with Gasteiger partial charge < -0.3 is 4.90 Å². The molecule has 1 aliphatic carbocycles. The summed E-state index contributed by atoms with van der Waals surface area (Å²) in [4.78, 5) is 14.5. The summed E-state index contributed by atoms with van der Waals surface area (Å²) in [7, 11) is 0.